The van der Waals surface area contributed by atoms with Crippen LogP contribution in [0.25, 0.3) is 11.0 Å². The molecule has 5 heteroatoms. The van der Waals surface area contributed by atoms with Crippen LogP contribution >= 0.6 is 0 Å². The quantitative estimate of drug-likeness (QED) is 0.727. The van der Waals surface area contributed by atoms with Crippen LogP contribution in [0.3, 0.4) is 0 Å². The molecule has 0 unspecified atom stereocenters. The van der Waals surface area contributed by atoms with Crippen molar-refractivity contribution in [3.63, 3.8) is 0 Å². The van der Waals surface area contributed by atoms with Gasteiger partial charge in [0.2, 0.25) is 5.91 Å². The van der Waals surface area contributed by atoms with Gasteiger partial charge in [0.15, 0.2) is 0 Å². The van der Waals surface area contributed by atoms with Crippen LogP contribution in [0.2, 0.25) is 0 Å². The van der Waals surface area contributed by atoms with E-state index in [9.17, 15) is 9.59 Å². The van der Waals surface area contributed by atoms with Crippen molar-refractivity contribution < 1.29 is 14.0 Å². The van der Waals surface area contributed by atoms with E-state index in [0.717, 1.165) is 22.3 Å². The Kier molecular flexibility index (Phi) is 5.14. The predicted molar refractivity (Wildman–Crippen MR) is 96.2 cm³/mol. The largest absolute Gasteiger partial charge is 0.461 e. The molecule has 1 heterocycles. The highest BCUT2D eigenvalue weighted by Gasteiger charge is 2.07. The maximum absolute atomic E-state index is 12.2. The number of benzene rings is 2. The van der Waals surface area contributed by atoms with Gasteiger partial charge in [0.1, 0.15) is 11.3 Å². The molecule has 0 aliphatic carbocycles. The van der Waals surface area contributed by atoms with Crippen molar-refractivity contribution in [3.05, 3.63) is 71.5 Å². The minimum atomic E-state index is -0.123. The summed E-state index contributed by atoms with van der Waals surface area (Å²) in [6.45, 7) is 2.44. The SMILES string of the molecule is CC(=O)NCc1ccc(C(=O)NCCc2cc3ccccc3o2)cc1. The summed E-state index contributed by atoms with van der Waals surface area (Å²) in [5, 5.41) is 6.68. The number of carbonyl (C=O) groups is 2. The first-order chi connectivity index (χ1) is 12.1. The summed E-state index contributed by atoms with van der Waals surface area (Å²) in [4.78, 5) is 23.1. The number of hydrogen-bond acceptors (Lipinski definition) is 3. The minimum Gasteiger partial charge on any atom is -0.461 e. The van der Waals surface area contributed by atoms with E-state index in [0.29, 0.717) is 25.1 Å². The maximum Gasteiger partial charge on any atom is 0.251 e. The smallest absolute Gasteiger partial charge is 0.251 e. The molecule has 2 amide bonds. The number of para-hydroxylation sites is 1. The van der Waals surface area contributed by atoms with E-state index < -0.39 is 0 Å². The van der Waals surface area contributed by atoms with Gasteiger partial charge in [-0.2, -0.15) is 0 Å². The Morgan fingerprint density at radius 2 is 1.76 bits per heavy atom. The van der Waals surface area contributed by atoms with Gasteiger partial charge in [-0.3, -0.25) is 9.59 Å². The summed E-state index contributed by atoms with van der Waals surface area (Å²) in [5.41, 5.74) is 2.41. The first-order valence-corrected chi connectivity index (χ1v) is 8.21. The highest BCUT2D eigenvalue weighted by atomic mass is 16.3. The third kappa shape index (κ3) is 4.47. The van der Waals surface area contributed by atoms with Gasteiger partial charge in [0.25, 0.3) is 5.91 Å². The summed E-state index contributed by atoms with van der Waals surface area (Å²) >= 11 is 0. The fraction of sp³-hybridized carbons (Fsp3) is 0.200. The van der Waals surface area contributed by atoms with Gasteiger partial charge >= 0.3 is 0 Å². The summed E-state index contributed by atoms with van der Waals surface area (Å²) in [7, 11) is 0. The van der Waals surface area contributed by atoms with Crippen LogP contribution in [-0.4, -0.2) is 18.4 Å². The summed E-state index contributed by atoms with van der Waals surface area (Å²) in [6, 6.07) is 17.0. The lowest BCUT2D eigenvalue weighted by atomic mass is 10.1. The Morgan fingerprint density at radius 3 is 2.48 bits per heavy atom. The van der Waals surface area contributed by atoms with E-state index in [2.05, 4.69) is 10.6 Å². The van der Waals surface area contributed by atoms with Gasteiger partial charge < -0.3 is 15.1 Å². The van der Waals surface area contributed by atoms with Crippen molar-refractivity contribution in [1.82, 2.24) is 10.6 Å². The van der Waals surface area contributed by atoms with Crippen molar-refractivity contribution in [2.24, 2.45) is 0 Å². The molecule has 0 saturated heterocycles. The molecule has 0 spiro atoms. The Hall–Kier alpha value is -3.08. The molecule has 25 heavy (non-hydrogen) atoms. The zero-order valence-corrected chi connectivity index (χ0v) is 14.0. The number of carbonyl (C=O) groups excluding carboxylic acids is 2. The highest BCUT2D eigenvalue weighted by molar-refractivity contribution is 5.94. The number of nitrogens with one attached hydrogen (secondary N) is 2. The van der Waals surface area contributed by atoms with E-state index in [1.807, 2.05) is 42.5 Å². The van der Waals surface area contributed by atoms with Crippen molar-refractivity contribution in [3.8, 4) is 0 Å². The first-order valence-electron chi connectivity index (χ1n) is 8.21. The second-order valence-electron chi connectivity index (χ2n) is 5.86. The van der Waals surface area contributed by atoms with Crippen LogP contribution in [-0.2, 0) is 17.8 Å². The van der Waals surface area contributed by atoms with Gasteiger partial charge in [0, 0.05) is 37.4 Å². The topological polar surface area (TPSA) is 71.3 Å². The van der Waals surface area contributed by atoms with Crippen molar-refractivity contribution in [2.75, 3.05) is 6.54 Å². The zero-order valence-electron chi connectivity index (χ0n) is 14.0. The highest BCUT2D eigenvalue weighted by Crippen LogP contribution is 2.18. The summed E-state index contributed by atoms with van der Waals surface area (Å²) in [6.07, 6.45) is 0.640. The molecular weight excluding hydrogens is 316 g/mol. The van der Waals surface area contributed by atoms with E-state index in [-0.39, 0.29) is 11.8 Å². The molecule has 0 fully saturated rings. The van der Waals surface area contributed by atoms with Crippen LogP contribution < -0.4 is 10.6 Å². The van der Waals surface area contributed by atoms with E-state index in [1.165, 1.54) is 6.92 Å². The number of furan rings is 1. The lowest BCUT2D eigenvalue weighted by molar-refractivity contribution is -0.119. The van der Waals surface area contributed by atoms with E-state index in [4.69, 9.17) is 4.42 Å². The van der Waals surface area contributed by atoms with Gasteiger partial charge in [-0.25, -0.2) is 0 Å². The third-order valence-electron chi connectivity index (χ3n) is 3.89. The summed E-state index contributed by atoms with van der Waals surface area (Å²) < 4.78 is 5.73. The molecule has 3 aromatic rings. The molecule has 0 aliphatic rings. The van der Waals surface area contributed by atoms with Gasteiger partial charge in [-0.05, 0) is 29.8 Å². The van der Waals surface area contributed by atoms with Crippen LogP contribution in [0.5, 0.6) is 0 Å². The maximum atomic E-state index is 12.2. The van der Waals surface area contributed by atoms with Crippen molar-refractivity contribution in [2.45, 2.75) is 19.9 Å². The number of hydrogen-bond donors (Lipinski definition) is 2. The Labute approximate surface area is 146 Å². The molecule has 0 atom stereocenters. The molecular formula is C20H20N2O3. The number of fused-ring (bicyclic) bond motifs is 1. The van der Waals surface area contributed by atoms with Gasteiger partial charge in [-0.1, -0.05) is 30.3 Å². The predicted octanol–water partition coefficient (Wildman–Crippen LogP) is 3.04. The molecule has 2 N–H and O–H groups in total. The Morgan fingerprint density at radius 1 is 1.00 bits per heavy atom. The zero-order chi connectivity index (χ0) is 17.6. The molecule has 1 aromatic heterocycles. The number of amides is 2. The Bertz CT molecular complexity index is 848. The summed E-state index contributed by atoms with van der Waals surface area (Å²) in [5.74, 6) is 0.654. The third-order valence-corrected chi connectivity index (χ3v) is 3.89. The van der Waals surface area contributed by atoms with Crippen LogP contribution in [0, 0.1) is 0 Å². The van der Waals surface area contributed by atoms with Crippen LogP contribution in [0.15, 0.2) is 59.0 Å². The second kappa shape index (κ2) is 7.66. The molecule has 0 saturated carbocycles. The standard InChI is InChI=1S/C20H20N2O3/c1-14(23)22-13-15-6-8-16(9-7-15)20(24)21-11-10-18-12-17-4-2-3-5-19(17)25-18/h2-9,12H,10-11,13H2,1H3,(H,21,24)(H,22,23). The lowest BCUT2D eigenvalue weighted by Gasteiger charge is -2.06. The van der Waals surface area contributed by atoms with Crippen molar-refractivity contribution >= 4 is 22.8 Å². The minimum absolute atomic E-state index is 0.0765. The first kappa shape index (κ1) is 16.8. The van der Waals surface area contributed by atoms with E-state index >= 15 is 0 Å². The Balaban J connectivity index is 1.51. The monoisotopic (exact) mass is 336 g/mol. The van der Waals surface area contributed by atoms with Crippen molar-refractivity contribution in [1.29, 1.82) is 0 Å². The fourth-order valence-corrected chi connectivity index (χ4v) is 2.56. The number of rotatable bonds is 6. The molecule has 2 aromatic carbocycles. The van der Waals surface area contributed by atoms with Gasteiger partial charge in [0.05, 0.1) is 0 Å². The average molecular weight is 336 g/mol. The average Bonchev–Trinajstić information content (AvgIpc) is 3.03. The molecule has 0 bridgehead atoms. The molecule has 0 aliphatic heterocycles. The van der Waals surface area contributed by atoms with Crippen LogP contribution in [0.4, 0.5) is 0 Å². The molecule has 5 nitrogen and oxygen atoms in total. The lowest BCUT2D eigenvalue weighted by Crippen LogP contribution is -2.25. The fourth-order valence-electron chi connectivity index (χ4n) is 2.56. The normalized spacial score (nSPS) is 10.6. The van der Waals surface area contributed by atoms with E-state index in [1.54, 1.807) is 12.1 Å². The molecule has 128 valence electrons. The van der Waals surface area contributed by atoms with Crippen LogP contribution in [0.1, 0.15) is 28.6 Å². The molecule has 0 radical (unpaired) electrons. The second-order valence-corrected chi connectivity index (χ2v) is 5.86. The van der Waals surface area contributed by atoms with Gasteiger partial charge in [-0.15, -0.1) is 0 Å². The molecule has 3 rings (SSSR count).